The van der Waals surface area contributed by atoms with Crippen molar-refractivity contribution in [2.45, 2.75) is 19.5 Å². The van der Waals surface area contributed by atoms with Gasteiger partial charge in [0.15, 0.2) is 0 Å². The molecular weight excluding hydrogens is 210 g/mol. The third-order valence-corrected chi connectivity index (χ3v) is 3.29. The molecular formula is C9H11N5S. The predicted octanol–water partition coefficient (Wildman–Crippen LogP) is 0.429. The van der Waals surface area contributed by atoms with Crippen LogP contribution in [0.25, 0.3) is 0 Å². The van der Waals surface area contributed by atoms with Gasteiger partial charge in [0, 0.05) is 30.6 Å². The summed E-state index contributed by atoms with van der Waals surface area (Å²) >= 11 is 1.66. The van der Waals surface area contributed by atoms with Crippen molar-refractivity contribution in [2.75, 3.05) is 6.54 Å². The Morgan fingerprint density at radius 3 is 3.33 bits per heavy atom. The summed E-state index contributed by atoms with van der Waals surface area (Å²) in [7, 11) is 0. The van der Waals surface area contributed by atoms with Gasteiger partial charge in [0.05, 0.1) is 12.1 Å². The molecule has 0 amide bonds. The largest absolute Gasteiger partial charge is 0.312 e. The first-order chi connectivity index (χ1) is 7.43. The highest BCUT2D eigenvalue weighted by Crippen LogP contribution is 2.13. The number of nitrogens with zero attached hydrogens (tertiary/aromatic N) is 4. The van der Waals surface area contributed by atoms with Crippen LogP contribution in [-0.4, -0.2) is 26.3 Å². The van der Waals surface area contributed by atoms with Crippen LogP contribution in [0.15, 0.2) is 11.7 Å². The van der Waals surface area contributed by atoms with E-state index in [9.17, 15) is 0 Å². The Labute approximate surface area is 91.2 Å². The molecule has 2 aromatic rings. The molecule has 5 nitrogen and oxygen atoms in total. The van der Waals surface area contributed by atoms with Gasteiger partial charge < -0.3 is 9.88 Å². The average Bonchev–Trinajstić information content (AvgIpc) is 2.89. The van der Waals surface area contributed by atoms with Crippen molar-refractivity contribution in [1.82, 2.24) is 25.1 Å². The van der Waals surface area contributed by atoms with Crippen molar-refractivity contribution in [3.8, 4) is 0 Å². The SMILES string of the molecule is c1ncc(Cc2nnc3n2CCNC3)s1. The van der Waals surface area contributed by atoms with E-state index in [1.165, 1.54) is 4.88 Å². The minimum absolute atomic E-state index is 0.829. The molecule has 3 heterocycles. The van der Waals surface area contributed by atoms with Gasteiger partial charge in [0.2, 0.25) is 0 Å². The lowest BCUT2D eigenvalue weighted by molar-refractivity contribution is 0.496. The van der Waals surface area contributed by atoms with Crippen LogP contribution in [0.3, 0.4) is 0 Å². The van der Waals surface area contributed by atoms with E-state index in [-0.39, 0.29) is 0 Å². The van der Waals surface area contributed by atoms with E-state index in [1.54, 1.807) is 11.3 Å². The fraction of sp³-hybridized carbons (Fsp3) is 0.444. The minimum atomic E-state index is 0.829. The number of hydrogen-bond donors (Lipinski definition) is 1. The molecule has 0 bridgehead atoms. The average molecular weight is 221 g/mol. The Bertz CT molecular complexity index is 447. The Hall–Kier alpha value is -1.27. The zero-order valence-electron chi connectivity index (χ0n) is 8.18. The Morgan fingerprint density at radius 2 is 2.47 bits per heavy atom. The molecule has 78 valence electrons. The van der Waals surface area contributed by atoms with Crippen molar-refractivity contribution in [2.24, 2.45) is 0 Å². The highest BCUT2D eigenvalue weighted by molar-refractivity contribution is 7.09. The summed E-state index contributed by atoms with van der Waals surface area (Å²) in [6.07, 6.45) is 2.74. The topological polar surface area (TPSA) is 55.6 Å². The normalized spacial score (nSPS) is 15.2. The van der Waals surface area contributed by atoms with Gasteiger partial charge in [-0.3, -0.25) is 4.98 Å². The van der Waals surface area contributed by atoms with Crippen molar-refractivity contribution in [3.63, 3.8) is 0 Å². The Kier molecular flexibility index (Phi) is 2.22. The predicted molar refractivity (Wildman–Crippen MR) is 56.6 cm³/mol. The van der Waals surface area contributed by atoms with E-state index in [0.717, 1.165) is 37.7 Å². The van der Waals surface area contributed by atoms with Crippen LogP contribution in [0.1, 0.15) is 16.5 Å². The first kappa shape index (κ1) is 8.99. The minimum Gasteiger partial charge on any atom is -0.312 e. The molecule has 1 N–H and O–H groups in total. The maximum absolute atomic E-state index is 4.22. The molecule has 0 aromatic carbocycles. The molecule has 0 saturated carbocycles. The number of rotatable bonds is 2. The van der Waals surface area contributed by atoms with Gasteiger partial charge in [-0.15, -0.1) is 21.5 Å². The lowest BCUT2D eigenvalue weighted by Crippen LogP contribution is -2.29. The molecule has 1 aliphatic heterocycles. The van der Waals surface area contributed by atoms with Crippen LogP contribution in [0, 0.1) is 0 Å². The third-order valence-electron chi connectivity index (χ3n) is 2.52. The van der Waals surface area contributed by atoms with Crippen LogP contribution in [-0.2, 0) is 19.5 Å². The fourth-order valence-electron chi connectivity index (χ4n) is 1.77. The quantitative estimate of drug-likeness (QED) is 0.799. The molecule has 1 aliphatic rings. The number of nitrogens with one attached hydrogen (secondary N) is 1. The molecule has 0 unspecified atom stereocenters. The smallest absolute Gasteiger partial charge is 0.147 e. The maximum atomic E-state index is 4.22. The summed E-state index contributed by atoms with van der Waals surface area (Å²) in [5.41, 5.74) is 1.85. The van der Waals surface area contributed by atoms with Gasteiger partial charge in [-0.2, -0.15) is 0 Å². The summed E-state index contributed by atoms with van der Waals surface area (Å²) in [5.74, 6) is 2.09. The van der Waals surface area contributed by atoms with Crippen LogP contribution >= 0.6 is 11.3 Å². The molecule has 0 spiro atoms. The van der Waals surface area contributed by atoms with Crippen molar-refractivity contribution in [1.29, 1.82) is 0 Å². The third kappa shape index (κ3) is 1.66. The van der Waals surface area contributed by atoms with Gasteiger partial charge in [-0.05, 0) is 0 Å². The van der Waals surface area contributed by atoms with Crippen LogP contribution in [0.2, 0.25) is 0 Å². The van der Waals surface area contributed by atoms with E-state index in [0.29, 0.717) is 0 Å². The first-order valence-corrected chi connectivity index (χ1v) is 5.80. The van der Waals surface area contributed by atoms with Gasteiger partial charge in [-0.1, -0.05) is 0 Å². The first-order valence-electron chi connectivity index (χ1n) is 4.92. The summed E-state index contributed by atoms with van der Waals surface area (Å²) in [6.45, 7) is 2.80. The van der Waals surface area contributed by atoms with Crippen LogP contribution in [0.4, 0.5) is 0 Å². The summed E-state index contributed by atoms with van der Waals surface area (Å²) in [6, 6.07) is 0. The molecule has 0 radical (unpaired) electrons. The number of fused-ring (bicyclic) bond motifs is 1. The van der Waals surface area contributed by atoms with Gasteiger partial charge in [0.1, 0.15) is 11.6 Å². The second-order valence-electron chi connectivity index (χ2n) is 3.51. The van der Waals surface area contributed by atoms with Gasteiger partial charge in [0.25, 0.3) is 0 Å². The monoisotopic (exact) mass is 221 g/mol. The summed E-state index contributed by atoms with van der Waals surface area (Å²) < 4.78 is 2.20. The summed E-state index contributed by atoms with van der Waals surface area (Å²) in [5, 5.41) is 11.7. The van der Waals surface area contributed by atoms with E-state index in [2.05, 4.69) is 25.1 Å². The highest BCUT2D eigenvalue weighted by atomic mass is 32.1. The van der Waals surface area contributed by atoms with Crippen molar-refractivity contribution in [3.05, 3.63) is 28.2 Å². The lowest BCUT2D eigenvalue weighted by Gasteiger charge is -2.15. The molecule has 0 aliphatic carbocycles. The van der Waals surface area contributed by atoms with Crippen LogP contribution < -0.4 is 5.32 Å². The van der Waals surface area contributed by atoms with Gasteiger partial charge >= 0.3 is 0 Å². The number of hydrogen-bond acceptors (Lipinski definition) is 5. The molecule has 0 atom stereocenters. The standard InChI is InChI=1S/C9H11N5S/c1-2-14-8(3-7-4-11-6-15-7)12-13-9(14)5-10-1/h4,6,10H,1-3,5H2. The van der Waals surface area contributed by atoms with Crippen molar-refractivity contribution >= 4 is 11.3 Å². The highest BCUT2D eigenvalue weighted by Gasteiger charge is 2.15. The van der Waals surface area contributed by atoms with E-state index < -0.39 is 0 Å². The number of thiazole rings is 1. The molecule has 3 rings (SSSR count). The maximum Gasteiger partial charge on any atom is 0.147 e. The summed E-state index contributed by atoms with van der Waals surface area (Å²) in [4.78, 5) is 5.30. The van der Waals surface area contributed by atoms with Crippen LogP contribution in [0.5, 0.6) is 0 Å². The van der Waals surface area contributed by atoms with Crippen molar-refractivity contribution < 1.29 is 0 Å². The van der Waals surface area contributed by atoms with Gasteiger partial charge in [-0.25, -0.2) is 0 Å². The molecule has 2 aromatic heterocycles. The fourth-order valence-corrected chi connectivity index (χ4v) is 2.36. The zero-order chi connectivity index (χ0) is 10.1. The molecule has 15 heavy (non-hydrogen) atoms. The Morgan fingerprint density at radius 1 is 1.47 bits per heavy atom. The molecule has 0 fully saturated rings. The Balaban J connectivity index is 1.89. The molecule has 0 saturated heterocycles. The van der Waals surface area contributed by atoms with E-state index >= 15 is 0 Å². The zero-order valence-corrected chi connectivity index (χ0v) is 9.00. The van der Waals surface area contributed by atoms with E-state index in [1.807, 2.05) is 11.7 Å². The van der Waals surface area contributed by atoms with E-state index in [4.69, 9.17) is 0 Å². The lowest BCUT2D eigenvalue weighted by atomic mass is 10.3. The second-order valence-corrected chi connectivity index (χ2v) is 4.48. The number of aromatic nitrogens is 4. The second kappa shape index (κ2) is 3.71. The molecule has 6 heteroatoms.